The topological polar surface area (TPSA) is 91.7 Å². The van der Waals surface area contributed by atoms with E-state index in [0.717, 1.165) is 19.8 Å². The second-order valence-electron chi connectivity index (χ2n) is 4.80. The second kappa shape index (κ2) is 5.25. The summed E-state index contributed by atoms with van der Waals surface area (Å²) in [5.41, 5.74) is 8.13. The highest BCUT2D eigenvalue weighted by molar-refractivity contribution is 9.11. The lowest BCUT2D eigenvalue weighted by molar-refractivity contribution is 0.893. The first-order valence-electron chi connectivity index (χ1n) is 6.23. The lowest BCUT2D eigenvalue weighted by Crippen LogP contribution is -2.29. The van der Waals surface area contributed by atoms with E-state index in [-0.39, 0.29) is 6.04 Å². The largest absolute Gasteiger partial charge is 0.320 e. The average Bonchev–Trinajstić information content (AvgIpc) is 2.79. The van der Waals surface area contributed by atoms with Crippen molar-refractivity contribution in [3.8, 4) is 0 Å². The summed E-state index contributed by atoms with van der Waals surface area (Å²) >= 11 is 5.08. The number of H-pyrrole nitrogens is 2. The van der Waals surface area contributed by atoms with Gasteiger partial charge in [0.2, 0.25) is 0 Å². The van der Waals surface area contributed by atoms with Gasteiger partial charge in [-0.25, -0.2) is 0 Å². The third-order valence-electron chi connectivity index (χ3n) is 3.29. The zero-order chi connectivity index (χ0) is 15.1. The van der Waals surface area contributed by atoms with Crippen LogP contribution < -0.4 is 16.9 Å². The first-order chi connectivity index (χ1) is 9.95. The highest BCUT2D eigenvalue weighted by Crippen LogP contribution is 2.33. The van der Waals surface area contributed by atoms with Gasteiger partial charge in [-0.05, 0) is 52.2 Å². The van der Waals surface area contributed by atoms with Crippen LogP contribution in [0.4, 0.5) is 0 Å². The Bertz CT molecular complexity index is 922. The van der Waals surface area contributed by atoms with Gasteiger partial charge in [0.1, 0.15) is 0 Å². The molecule has 7 heteroatoms. The number of nitrogens with two attached hydrogens (primary N) is 1. The Balaban J connectivity index is 2.10. The fourth-order valence-corrected chi connectivity index (χ4v) is 3.73. The number of thiophene rings is 1. The zero-order valence-corrected chi connectivity index (χ0v) is 13.5. The van der Waals surface area contributed by atoms with E-state index >= 15 is 0 Å². The Labute approximate surface area is 132 Å². The molecule has 0 fully saturated rings. The molecule has 0 aliphatic rings. The molecule has 5 nitrogen and oxygen atoms in total. The number of fused-ring (bicyclic) bond motifs is 1. The van der Waals surface area contributed by atoms with Gasteiger partial charge in [0.25, 0.3) is 0 Å². The number of hydrogen-bond acceptors (Lipinski definition) is 4. The molecule has 2 heterocycles. The summed E-state index contributed by atoms with van der Waals surface area (Å²) in [6, 6.07) is 7.15. The van der Waals surface area contributed by atoms with Crippen LogP contribution >= 0.6 is 27.3 Å². The van der Waals surface area contributed by atoms with Gasteiger partial charge in [-0.3, -0.25) is 9.59 Å². The summed E-state index contributed by atoms with van der Waals surface area (Å²) in [7, 11) is 0. The first-order valence-corrected chi connectivity index (χ1v) is 7.84. The minimum Gasteiger partial charge on any atom is -0.320 e. The molecule has 3 rings (SSSR count). The van der Waals surface area contributed by atoms with Crippen molar-refractivity contribution >= 4 is 38.3 Å². The van der Waals surface area contributed by atoms with E-state index in [1.165, 1.54) is 0 Å². The fourth-order valence-electron chi connectivity index (χ4n) is 2.13. The maximum atomic E-state index is 11.4. The Morgan fingerprint density at radius 2 is 1.81 bits per heavy atom. The predicted octanol–water partition coefficient (Wildman–Crippen LogP) is 2.40. The molecule has 0 saturated heterocycles. The van der Waals surface area contributed by atoms with Crippen LogP contribution in [0.1, 0.15) is 22.0 Å². The maximum absolute atomic E-state index is 11.4. The highest BCUT2D eigenvalue weighted by atomic mass is 79.9. The lowest BCUT2D eigenvalue weighted by atomic mass is 10.0. The molecule has 0 radical (unpaired) electrons. The molecule has 108 valence electrons. The van der Waals surface area contributed by atoms with E-state index in [2.05, 4.69) is 25.9 Å². The van der Waals surface area contributed by atoms with Gasteiger partial charge in [-0.2, -0.15) is 0 Å². The SMILES string of the molecule is Cc1cc(C(N)c2ccc3[nH]c(=O)c(=O)[nH]c3c2)sc1Br. The molecule has 0 aliphatic carbocycles. The maximum Gasteiger partial charge on any atom is 0.314 e. The van der Waals surface area contributed by atoms with E-state index < -0.39 is 11.1 Å². The van der Waals surface area contributed by atoms with E-state index in [1.807, 2.05) is 19.1 Å². The number of benzene rings is 1. The molecule has 1 aromatic carbocycles. The normalized spacial score (nSPS) is 12.7. The van der Waals surface area contributed by atoms with Crippen molar-refractivity contribution in [2.75, 3.05) is 0 Å². The number of hydrogen-bond donors (Lipinski definition) is 3. The van der Waals surface area contributed by atoms with Crippen molar-refractivity contribution in [1.29, 1.82) is 0 Å². The monoisotopic (exact) mass is 365 g/mol. The molecule has 0 saturated carbocycles. The zero-order valence-electron chi connectivity index (χ0n) is 11.1. The highest BCUT2D eigenvalue weighted by Gasteiger charge is 2.14. The van der Waals surface area contributed by atoms with Crippen LogP contribution in [0.15, 0.2) is 37.6 Å². The number of aromatic amines is 2. The summed E-state index contributed by atoms with van der Waals surface area (Å²) in [5, 5.41) is 0. The van der Waals surface area contributed by atoms with Crippen molar-refractivity contribution in [1.82, 2.24) is 9.97 Å². The smallest absolute Gasteiger partial charge is 0.314 e. The number of nitrogens with one attached hydrogen (secondary N) is 2. The molecule has 1 atom stereocenters. The summed E-state index contributed by atoms with van der Waals surface area (Å²) in [6.45, 7) is 2.01. The minimum absolute atomic E-state index is 0.278. The van der Waals surface area contributed by atoms with Crippen LogP contribution in [0.25, 0.3) is 11.0 Å². The van der Waals surface area contributed by atoms with Crippen LogP contribution in [-0.2, 0) is 0 Å². The standard InChI is InChI=1S/C14H12BrN3O2S/c1-6-4-10(21-12(6)15)11(16)7-2-3-8-9(5-7)18-14(20)13(19)17-8/h2-5,11H,16H2,1H3,(H,17,19)(H,18,20). The molecule has 4 N–H and O–H groups in total. The Hall–Kier alpha value is -1.70. The molecular formula is C14H12BrN3O2S. The number of rotatable bonds is 2. The van der Waals surface area contributed by atoms with Gasteiger partial charge in [0.05, 0.1) is 20.9 Å². The van der Waals surface area contributed by atoms with Crippen LogP contribution in [0.2, 0.25) is 0 Å². The molecule has 3 aromatic rings. The van der Waals surface area contributed by atoms with Crippen molar-refractivity contribution in [2.45, 2.75) is 13.0 Å². The number of aromatic nitrogens is 2. The lowest BCUT2D eigenvalue weighted by Gasteiger charge is -2.10. The van der Waals surface area contributed by atoms with Crippen molar-refractivity contribution in [2.24, 2.45) is 5.73 Å². The van der Waals surface area contributed by atoms with Crippen LogP contribution in [0.5, 0.6) is 0 Å². The molecule has 1 unspecified atom stereocenters. The summed E-state index contributed by atoms with van der Waals surface area (Å²) in [4.78, 5) is 28.8. The van der Waals surface area contributed by atoms with E-state index in [9.17, 15) is 9.59 Å². The van der Waals surface area contributed by atoms with Gasteiger partial charge in [-0.1, -0.05) is 6.07 Å². The summed E-state index contributed by atoms with van der Waals surface area (Å²) in [5.74, 6) is 0. The van der Waals surface area contributed by atoms with Crippen LogP contribution in [-0.4, -0.2) is 9.97 Å². The summed E-state index contributed by atoms with van der Waals surface area (Å²) < 4.78 is 1.06. The van der Waals surface area contributed by atoms with E-state index in [1.54, 1.807) is 23.5 Å². The fraction of sp³-hybridized carbons (Fsp3) is 0.143. The molecular weight excluding hydrogens is 354 g/mol. The quantitative estimate of drug-likeness (QED) is 0.608. The predicted molar refractivity (Wildman–Crippen MR) is 88.0 cm³/mol. The van der Waals surface area contributed by atoms with E-state index in [0.29, 0.717) is 11.0 Å². The molecule has 2 aromatic heterocycles. The molecule has 0 spiro atoms. The summed E-state index contributed by atoms with van der Waals surface area (Å²) in [6.07, 6.45) is 0. The first kappa shape index (κ1) is 14.2. The van der Waals surface area contributed by atoms with Crippen LogP contribution in [0.3, 0.4) is 0 Å². The molecule has 21 heavy (non-hydrogen) atoms. The van der Waals surface area contributed by atoms with Crippen molar-refractivity contribution < 1.29 is 0 Å². The van der Waals surface area contributed by atoms with Gasteiger partial charge in [-0.15, -0.1) is 11.3 Å². The third-order valence-corrected chi connectivity index (χ3v) is 5.51. The third kappa shape index (κ3) is 2.59. The van der Waals surface area contributed by atoms with Gasteiger partial charge < -0.3 is 15.7 Å². The van der Waals surface area contributed by atoms with Gasteiger partial charge >= 0.3 is 11.1 Å². The molecule has 0 amide bonds. The van der Waals surface area contributed by atoms with Crippen molar-refractivity contribution in [3.63, 3.8) is 0 Å². The van der Waals surface area contributed by atoms with Crippen LogP contribution in [0, 0.1) is 6.92 Å². The van der Waals surface area contributed by atoms with E-state index in [4.69, 9.17) is 5.73 Å². The second-order valence-corrected chi connectivity index (χ2v) is 7.20. The van der Waals surface area contributed by atoms with Gasteiger partial charge in [0, 0.05) is 4.88 Å². The number of aryl methyl sites for hydroxylation is 1. The molecule has 0 aliphatic heterocycles. The molecule has 0 bridgehead atoms. The number of halogens is 1. The Morgan fingerprint density at radius 3 is 2.43 bits per heavy atom. The Kier molecular flexibility index (Phi) is 3.56. The minimum atomic E-state index is -0.664. The van der Waals surface area contributed by atoms with Gasteiger partial charge in [0.15, 0.2) is 0 Å². The average molecular weight is 366 g/mol. The van der Waals surface area contributed by atoms with Crippen molar-refractivity contribution in [3.05, 3.63) is 64.8 Å². The Morgan fingerprint density at radius 1 is 1.14 bits per heavy atom.